The Morgan fingerprint density at radius 2 is 1.75 bits per heavy atom. The molecule has 0 unspecified atom stereocenters. The number of benzene rings is 1. The number of aryl methyl sites for hydroxylation is 1. The van der Waals surface area contributed by atoms with Gasteiger partial charge in [-0.05, 0) is 18.6 Å². The first-order chi connectivity index (χ1) is 11.8. The third-order valence-corrected chi connectivity index (χ3v) is 4.64. The first kappa shape index (κ1) is 15.3. The smallest absolute Gasteiger partial charge is 0.133 e. The Morgan fingerprint density at radius 3 is 2.50 bits per heavy atom. The lowest BCUT2D eigenvalue weighted by Gasteiger charge is -2.34. The molecule has 0 saturated carbocycles. The number of piperazine rings is 1. The lowest BCUT2D eigenvalue weighted by Crippen LogP contribution is -2.45. The van der Waals surface area contributed by atoms with E-state index in [1.165, 1.54) is 10.9 Å². The van der Waals surface area contributed by atoms with Gasteiger partial charge in [0.15, 0.2) is 0 Å². The van der Waals surface area contributed by atoms with Crippen molar-refractivity contribution >= 4 is 10.9 Å². The van der Waals surface area contributed by atoms with E-state index in [2.05, 4.69) is 44.2 Å². The van der Waals surface area contributed by atoms with Gasteiger partial charge in [0.1, 0.15) is 5.76 Å². The molecule has 1 aliphatic heterocycles. The van der Waals surface area contributed by atoms with Crippen LogP contribution in [-0.2, 0) is 13.1 Å². The summed E-state index contributed by atoms with van der Waals surface area (Å²) in [6.07, 6.45) is 1.88. The summed E-state index contributed by atoms with van der Waals surface area (Å²) in [6, 6.07) is 12.6. The van der Waals surface area contributed by atoms with Crippen molar-refractivity contribution in [2.75, 3.05) is 26.2 Å². The van der Waals surface area contributed by atoms with Crippen LogP contribution in [0.4, 0.5) is 0 Å². The number of rotatable bonds is 4. The number of hydrogen-bond acceptors (Lipinski definition) is 5. The van der Waals surface area contributed by atoms with E-state index in [1.807, 2.05) is 25.3 Å². The summed E-state index contributed by atoms with van der Waals surface area (Å²) in [5, 5.41) is 5.31. The molecule has 2 aromatic heterocycles. The Morgan fingerprint density at radius 1 is 1.00 bits per heavy atom. The molecule has 0 N–H and O–H groups in total. The highest BCUT2D eigenvalue weighted by Gasteiger charge is 2.18. The van der Waals surface area contributed by atoms with E-state index in [0.29, 0.717) is 0 Å². The van der Waals surface area contributed by atoms with Crippen LogP contribution in [0.25, 0.3) is 10.9 Å². The van der Waals surface area contributed by atoms with Crippen molar-refractivity contribution in [1.29, 1.82) is 0 Å². The molecule has 1 aromatic carbocycles. The van der Waals surface area contributed by atoms with Crippen LogP contribution in [-0.4, -0.2) is 46.1 Å². The molecular weight excluding hydrogens is 300 g/mol. The van der Waals surface area contributed by atoms with Crippen molar-refractivity contribution in [3.8, 4) is 0 Å². The predicted octanol–water partition coefficient (Wildman–Crippen LogP) is 2.85. The summed E-state index contributed by atoms with van der Waals surface area (Å²) in [6.45, 7) is 8.03. The zero-order valence-corrected chi connectivity index (χ0v) is 14.0. The van der Waals surface area contributed by atoms with Gasteiger partial charge in [0.2, 0.25) is 0 Å². The van der Waals surface area contributed by atoms with E-state index in [-0.39, 0.29) is 0 Å². The summed E-state index contributed by atoms with van der Waals surface area (Å²) < 4.78 is 5.15. The second-order valence-corrected chi connectivity index (χ2v) is 6.47. The highest BCUT2D eigenvalue weighted by atomic mass is 16.5. The maximum atomic E-state index is 5.15. The van der Waals surface area contributed by atoms with Crippen LogP contribution in [0.3, 0.4) is 0 Å². The molecule has 24 heavy (non-hydrogen) atoms. The zero-order chi connectivity index (χ0) is 16.4. The van der Waals surface area contributed by atoms with E-state index < -0.39 is 0 Å². The fourth-order valence-corrected chi connectivity index (χ4v) is 3.36. The average Bonchev–Trinajstić information content (AvgIpc) is 3.02. The molecule has 1 fully saturated rings. The number of aromatic nitrogens is 2. The number of fused-ring (bicyclic) bond motifs is 1. The Hall–Kier alpha value is -2.24. The SMILES string of the molecule is Cc1cc(CN2CCN(Cc3cccc4cccnc34)CC2)no1. The molecule has 1 saturated heterocycles. The van der Waals surface area contributed by atoms with E-state index in [1.54, 1.807) is 0 Å². The lowest BCUT2D eigenvalue weighted by atomic mass is 10.1. The lowest BCUT2D eigenvalue weighted by molar-refractivity contribution is 0.120. The van der Waals surface area contributed by atoms with Gasteiger partial charge in [-0.25, -0.2) is 0 Å². The van der Waals surface area contributed by atoms with Crippen molar-refractivity contribution in [2.45, 2.75) is 20.0 Å². The third kappa shape index (κ3) is 3.32. The molecule has 0 bridgehead atoms. The molecule has 0 radical (unpaired) electrons. The van der Waals surface area contributed by atoms with Crippen LogP contribution in [0, 0.1) is 6.92 Å². The van der Waals surface area contributed by atoms with E-state index in [9.17, 15) is 0 Å². The molecule has 4 rings (SSSR count). The second kappa shape index (κ2) is 6.71. The highest BCUT2D eigenvalue weighted by Crippen LogP contribution is 2.18. The minimum atomic E-state index is 0.876. The molecular formula is C19H22N4O. The molecule has 0 amide bonds. The Labute approximate surface area is 141 Å². The summed E-state index contributed by atoms with van der Waals surface area (Å²) in [7, 11) is 0. The molecule has 1 aliphatic rings. The summed E-state index contributed by atoms with van der Waals surface area (Å²) in [5.41, 5.74) is 3.47. The standard InChI is InChI=1S/C19H22N4O/c1-15-12-18(21-24-15)14-23-10-8-22(9-11-23)13-17-5-2-4-16-6-3-7-20-19(16)17/h2-7,12H,8-11,13-14H2,1H3. The Balaban J connectivity index is 1.37. The Bertz CT molecular complexity index is 816. The van der Waals surface area contributed by atoms with Crippen molar-refractivity contribution in [1.82, 2.24) is 19.9 Å². The number of hydrogen-bond donors (Lipinski definition) is 0. The van der Waals surface area contributed by atoms with Crippen molar-refractivity contribution in [2.24, 2.45) is 0 Å². The predicted molar refractivity (Wildman–Crippen MR) is 93.5 cm³/mol. The number of para-hydroxylation sites is 1. The van der Waals surface area contributed by atoms with Crippen LogP contribution in [0.15, 0.2) is 47.1 Å². The van der Waals surface area contributed by atoms with E-state index in [4.69, 9.17) is 4.52 Å². The maximum Gasteiger partial charge on any atom is 0.133 e. The molecule has 0 atom stereocenters. The van der Waals surface area contributed by atoms with Gasteiger partial charge in [-0.15, -0.1) is 0 Å². The first-order valence-electron chi connectivity index (χ1n) is 8.47. The number of nitrogens with zero attached hydrogens (tertiary/aromatic N) is 4. The van der Waals surface area contributed by atoms with Crippen LogP contribution in [0.5, 0.6) is 0 Å². The van der Waals surface area contributed by atoms with Gasteiger partial charge in [0, 0.05) is 56.9 Å². The molecule has 5 heteroatoms. The quantitative estimate of drug-likeness (QED) is 0.739. The minimum Gasteiger partial charge on any atom is -0.361 e. The largest absolute Gasteiger partial charge is 0.361 e. The van der Waals surface area contributed by atoms with Crippen LogP contribution in [0.2, 0.25) is 0 Å². The fourth-order valence-electron chi connectivity index (χ4n) is 3.36. The molecule has 5 nitrogen and oxygen atoms in total. The molecule has 0 spiro atoms. The molecule has 0 aliphatic carbocycles. The van der Waals surface area contributed by atoms with Gasteiger partial charge in [-0.3, -0.25) is 14.8 Å². The van der Waals surface area contributed by atoms with Crippen LogP contribution >= 0.6 is 0 Å². The second-order valence-electron chi connectivity index (χ2n) is 6.47. The van der Waals surface area contributed by atoms with Gasteiger partial charge in [-0.2, -0.15) is 0 Å². The van der Waals surface area contributed by atoms with Crippen molar-refractivity contribution < 1.29 is 4.52 Å². The molecule has 3 heterocycles. The van der Waals surface area contributed by atoms with Crippen molar-refractivity contribution in [3.05, 3.63) is 59.6 Å². The van der Waals surface area contributed by atoms with E-state index in [0.717, 1.165) is 56.2 Å². The van der Waals surface area contributed by atoms with Gasteiger partial charge in [-0.1, -0.05) is 29.4 Å². The average molecular weight is 322 g/mol. The topological polar surface area (TPSA) is 45.4 Å². The summed E-state index contributed by atoms with van der Waals surface area (Å²) in [5.74, 6) is 0.882. The van der Waals surface area contributed by atoms with E-state index >= 15 is 0 Å². The van der Waals surface area contributed by atoms with Gasteiger partial charge < -0.3 is 4.52 Å². The van der Waals surface area contributed by atoms with Crippen LogP contribution in [0.1, 0.15) is 17.0 Å². The molecule has 124 valence electrons. The Kier molecular flexibility index (Phi) is 4.28. The summed E-state index contributed by atoms with van der Waals surface area (Å²) >= 11 is 0. The van der Waals surface area contributed by atoms with Gasteiger partial charge in [0.25, 0.3) is 0 Å². The zero-order valence-electron chi connectivity index (χ0n) is 14.0. The fraction of sp³-hybridized carbons (Fsp3) is 0.368. The number of pyridine rings is 1. The highest BCUT2D eigenvalue weighted by molar-refractivity contribution is 5.81. The van der Waals surface area contributed by atoms with Crippen LogP contribution < -0.4 is 0 Å². The maximum absolute atomic E-state index is 5.15. The van der Waals surface area contributed by atoms with Crippen molar-refractivity contribution in [3.63, 3.8) is 0 Å². The normalized spacial score (nSPS) is 16.7. The minimum absolute atomic E-state index is 0.876. The molecule has 3 aromatic rings. The summed E-state index contributed by atoms with van der Waals surface area (Å²) in [4.78, 5) is 9.51. The first-order valence-corrected chi connectivity index (χ1v) is 8.47. The van der Waals surface area contributed by atoms with Gasteiger partial charge >= 0.3 is 0 Å². The third-order valence-electron chi connectivity index (χ3n) is 4.64. The monoisotopic (exact) mass is 322 g/mol. The van der Waals surface area contributed by atoms with Gasteiger partial charge in [0.05, 0.1) is 11.2 Å².